The zero-order valence-corrected chi connectivity index (χ0v) is 21.1. The average Bonchev–Trinajstić information content (AvgIpc) is 2.80. The van der Waals surface area contributed by atoms with Gasteiger partial charge in [0.15, 0.2) is 11.0 Å². The molecular formula is C21H26ClN9O3S. The number of pyridine rings is 2. The maximum Gasteiger partial charge on any atom is 0.229 e. The predicted octanol–water partition coefficient (Wildman–Crippen LogP) is 2.38. The normalized spacial score (nSPS) is 15.5. The summed E-state index contributed by atoms with van der Waals surface area (Å²) in [7, 11) is -3.55. The number of morpholine rings is 1. The molecule has 0 unspecified atom stereocenters. The Morgan fingerprint density at radius 3 is 2.57 bits per heavy atom. The molecule has 1 aliphatic heterocycles. The first-order valence-corrected chi connectivity index (χ1v) is 13.1. The molecule has 3 aromatic heterocycles. The van der Waals surface area contributed by atoms with Gasteiger partial charge in [-0.1, -0.05) is 11.6 Å². The minimum atomic E-state index is -3.55. The number of hydrogen-bond acceptors (Lipinski definition) is 11. The molecule has 3 aromatic rings. The lowest BCUT2D eigenvalue weighted by Gasteiger charge is -2.32. The van der Waals surface area contributed by atoms with Gasteiger partial charge in [-0.25, -0.2) is 23.4 Å². The molecule has 4 N–H and O–H groups in total. The number of sulfonamides is 1. The summed E-state index contributed by atoms with van der Waals surface area (Å²) in [4.78, 5) is 23.9. The van der Waals surface area contributed by atoms with Gasteiger partial charge in [0.25, 0.3) is 0 Å². The molecule has 0 spiro atoms. The molecule has 186 valence electrons. The van der Waals surface area contributed by atoms with E-state index in [2.05, 4.69) is 46.8 Å². The number of aromatic nitrogens is 5. The van der Waals surface area contributed by atoms with Gasteiger partial charge in [-0.2, -0.15) is 9.97 Å². The van der Waals surface area contributed by atoms with E-state index in [0.29, 0.717) is 41.9 Å². The highest BCUT2D eigenvalue weighted by atomic mass is 35.5. The smallest absolute Gasteiger partial charge is 0.229 e. The van der Waals surface area contributed by atoms with Gasteiger partial charge in [0.05, 0.1) is 42.6 Å². The number of nitrogens with zero attached hydrogens (tertiary/aromatic N) is 6. The number of nitrogen functional groups attached to an aromatic ring is 1. The van der Waals surface area contributed by atoms with Gasteiger partial charge >= 0.3 is 0 Å². The van der Waals surface area contributed by atoms with E-state index in [0.717, 1.165) is 24.9 Å². The van der Waals surface area contributed by atoms with E-state index in [1.54, 1.807) is 13.1 Å². The number of ether oxygens (including phenoxy) is 1. The largest absolute Gasteiger partial charge is 0.379 e. The van der Waals surface area contributed by atoms with Gasteiger partial charge in [-0.15, -0.1) is 0 Å². The van der Waals surface area contributed by atoms with Crippen LogP contribution in [0.15, 0.2) is 24.5 Å². The van der Waals surface area contributed by atoms with Crippen molar-refractivity contribution in [3.05, 3.63) is 41.1 Å². The lowest BCUT2D eigenvalue weighted by Crippen LogP contribution is -2.38. The summed E-state index contributed by atoms with van der Waals surface area (Å²) < 4.78 is 31.2. The minimum absolute atomic E-state index is 0.0182. The molecule has 0 bridgehead atoms. The van der Waals surface area contributed by atoms with Crippen molar-refractivity contribution in [2.45, 2.75) is 19.9 Å². The minimum Gasteiger partial charge on any atom is -0.379 e. The Bertz CT molecular complexity index is 1310. The monoisotopic (exact) mass is 519 g/mol. The van der Waals surface area contributed by atoms with E-state index in [9.17, 15) is 8.42 Å². The Morgan fingerprint density at radius 2 is 1.89 bits per heavy atom. The van der Waals surface area contributed by atoms with Crippen LogP contribution in [-0.2, 0) is 14.8 Å². The molecule has 0 amide bonds. The molecule has 1 saturated heterocycles. The van der Waals surface area contributed by atoms with Crippen LogP contribution in [0.2, 0.25) is 5.15 Å². The Labute approximate surface area is 208 Å². The van der Waals surface area contributed by atoms with E-state index < -0.39 is 10.0 Å². The zero-order valence-electron chi connectivity index (χ0n) is 19.5. The number of hydrogen-bond donors (Lipinski definition) is 3. The number of nitrogens with one attached hydrogen (secondary N) is 2. The Morgan fingerprint density at radius 1 is 1.14 bits per heavy atom. The molecule has 0 radical (unpaired) electrons. The van der Waals surface area contributed by atoms with Crippen molar-refractivity contribution in [2.75, 3.05) is 48.3 Å². The first-order chi connectivity index (χ1) is 16.6. The second-order valence-corrected chi connectivity index (χ2v) is 10.2. The van der Waals surface area contributed by atoms with Crippen LogP contribution in [0.25, 0.3) is 11.4 Å². The lowest BCUT2D eigenvalue weighted by molar-refractivity contribution is 0.0198. The van der Waals surface area contributed by atoms with Crippen molar-refractivity contribution in [1.29, 1.82) is 0 Å². The van der Waals surface area contributed by atoms with Crippen LogP contribution in [-0.4, -0.2) is 70.8 Å². The summed E-state index contributed by atoms with van der Waals surface area (Å²) in [6.45, 7) is 6.84. The van der Waals surface area contributed by atoms with E-state index in [1.807, 2.05) is 6.07 Å². The number of aryl methyl sites for hydroxylation is 1. The average molecular weight is 520 g/mol. The van der Waals surface area contributed by atoms with Gasteiger partial charge in [-0.3, -0.25) is 9.62 Å². The molecular weight excluding hydrogens is 494 g/mol. The Kier molecular flexibility index (Phi) is 7.31. The van der Waals surface area contributed by atoms with Gasteiger partial charge in [0, 0.05) is 25.3 Å². The molecule has 4 heterocycles. The van der Waals surface area contributed by atoms with E-state index in [4.69, 9.17) is 22.1 Å². The summed E-state index contributed by atoms with van der Waals surface area (Å²) in [5.41, 5.74) is 8.07. The van der Waals surface area contributed by atoms with Crippen molar-refractivity contribution < 1.29 is 13.2 Å². The highest BCUT2D eigenvalue weighted by molar-refractivity contribution is 7.92. The molecule has 1 aliphatic rings. The van der Waals surface area contributed by atoms with Crippen LogP contribution in [0.4, 0.5) is 23.1 Å². The molecule has 0 saturated carbocycles. The molecule has 0 aliphatic carbocycles. The van der Waals surface area contributed by atoms with E-state index in [-0.39, 0.29) is 22.8 Å². The first kappa shape index (κ1) is 25.0. The summed E-state index contributed by atoms with van der Waals surface area (Å²) in [6.07, 6.45) is 4.28. The maximum absolute atomic E-state index is 11.7. The third-order valence-corrected chi connectivity index (χ3v) is 6.28. The summed E-state index contributed by atoms with van der Waals surface area (Å²) in [5, 5.41) is 3.19. The summed E-state index contributed by atoms with van der Waals surface area (Å²) >= 11 is 6.06. The van der Waals surface area contributed by atoms with E-state index in [1.165, 1.54) is 12.3 Å². The molecule has 1 atom stereocenters. The van der Waals surface area contributed by atoms with Crippen molar-refractivity contribution >= 4 is 44.8 Å². The second-order valence-electron chi connectivity index (χ2n) is 8.12. The highest BCUT2D eigenvalue weighted by Gasteiger charge is 2.22. The predicted molar refractivity (Wildman–Crippen MR) is 134 cm³/mol. The van der Waals surface area contributed by atoms with Gasteiger partial charge in [0.1, 0.15) is 11.6 Å². The first-order valence-electron chi connectivity index (χ1n) is 10.8. The third-order valence-electron chi connectivity index (χ3n) is 5.39. The van der Waals surface area contributed by atoms with Crippen molar-refractivity contribution in [3.63, 3.8) is 0 Å². The van der Waals surface area contributed by atoms with Crippen LogP contribution in [0.1, 0.15) is 24.4 Å². The molecule has 12 nitrogen and oxygen atoms in total. The number of nitrogens with two attached hydrogens (primary N) is 1. The molecule has 4 rings (SSSR count). The Balaban J connectivity index is 1.74. The summed E-state index contributed by atoms with van der Waals surface area (Å²) in [6, 6.07) is 3.57. The number of anilines is 4. The van der Waals surface area contributed by atoms with Crippen LogP contribution in [0.3, 0.4) is 0 Å². The van der Waals surface area contributed by atoms with Crippen molar-refractivity contribution in [2.24, 2.45) is 0 Å². The molecule has 1 fully saturated rings. The number of rotatable bonds is 7. The standard InChI is InChI=1S/C21H26ClN9O3S/c1-12(31-4-6-34-7-5-31)14-8-16(20-26-13(2)27-21(23)29-20)19(25-10-14)28-15-9-17(18(22)24-11-15)30-35(3,32)33/h8-12,30H,4-7H2,1-3H3,(H,25,28)(H2,23,26,27,29)/t12-/m0/s1. The summed E-state index contributed by atoms with van der Waals surface area (Å²) in [5.74, 6) is 1.36. The van der Waals surface area contributed by atoms with Crippen LogP contribution < -0.4 is 15.8 Å². The van der Waals surface area contributed by atoms with Crippen LogP contribution >= 0.6 is 11.6 Å². The van der Waals surface area contributed by atoms with Crippen LogP contribution in [0.5, 0.6) is 0 Å². The maximum atomic E-state index is 11.7. The lowest BCUT2D eigenvalue weighted by atomic mass is 10.1. The molecule has 0 aromatic carbocycles. The SMILES string of the molecule is Cc1nc(N)nc(-c2cc([C@H](C)N3CCOCC3)cnc2Nc2cnc(Cl)c(NS(C)(=O)=O)c2)n1. The fourth-order valence-corrected chi connectivity index (χ4v) is 4.46. The third kappa shape index (κ3) is 6.31. The topological polar surface area (TPSA) is 161 Å². The molecule has 14 heteroatoms. The molecule has 35 heavy (non-hydrogen) atoms. The fourth-order valence-electron chi connectivity index (χ4n) is 3.70. The van der Waals surface area contributed by atoms with Gasteiger partial charge in [0.2, 0.25) is 16.0 Å². The van der Waals surface area contributed by atoms with Crippen molar-refractivity contribution in [1.82, 2.24) is 29.8 Å². The highest BCUT2D eigenvalue weighted by Crippen LogP contribution is 2.32. The van der Waals surface area contributed by atoms with Gasteiger partial charge < -0.3 is 15.8 Å². The second kappa shape index (κ2) is 10.2. The quantitative estimate of drug-likeness (QED) is 0.393. The van der Waals surface area contributed by atoms with E-state index >= 15 is 0 Å². The number of halogens is 1. The zero-order chi connectivity index (χ0) is 25.2. The van der Waals surface area contributed by atoms with Crippen molar-refractivity contribution in [3.8, 4) is 11.4 Å². The van der Waals surface area contributed by atoms with Gasteiger partial charge in [-0.05, 0) is 31.5 Å². The van der Waals surface area contributed by atoms with Crippen LogP contribution in [0, 0.1) is 6.92 Å². The Hall–Kier alpha value is -3.13. The fraction of sp³-hybridized carbons (Fsp3) is 0.381.